The molecule has 0 aromatic carbocycles. The average Bonchev–Trinajstić information content (AvgIpc) is 2.23. The molecule has 0 bridgehead atoms. The van der Waals surface area contributed by atoms with Crippen LogP contribution in [0.15, 0.2) is 12.4 Å². The first-order valence-electron chi connectivity index (χ1n) is 5.22. The molecule has 0 spiro atoms. The van der Waals surface area contributed by atoms with Crippen molar-refractivity contribution in [1.82, 2.24) is 9.97 Å². The lowest BCUT2D eigenvalue weighted by Gasteiger charge is -2.05. The van der Waals surface area contributed by atoms with Gasteiger partial charge in [-0.25, -0.2) is 9.97 Å². The van der Waals surface area contributed by atoms with E-state index < -0.39 is 0 Å². The molecule has 0 unspecified atom stereocenters. The van der Waals surface area contributed by atoms with E-state index in [4.69, 9.17) is 10.5 Å². The number of nitrogens with two attached hydrogens (primary N) is 1. The van der Waals surface area contributed by atoms with Gasteiger partial charge in [-0.05, 0) is 12.8 Å². The van der Waals surface area contributed by atoms with Crippen molar-refractivity contribution in [3.8, 4) is 0 Å². The van der Waals surface area contributed by atoms with Crippen molar-refractivity contribution in [1.29, 1.82) is 0 Å². The molecule has 0 radical (unpaired) electrons. The highest BCUT2D eigenvalue weighted by Gasteiger charge is 1.94. The van der Waals surface area contributed by atoms with Gasteiger partial charge in [0, 0.05) is 25.8 Å². The summed E-state index contributed by atoms with van der Waals surface area (Å²) >= 11 is 0. The van der Waals surface area contributed by atoms with Crippen molar-refractivity contribution in [2.24, 2.45) is 0 Å². The Morgan fingerprint density at radius 1 is 1.40 bits per heavy atom. The van der Waals surface area contributed by atoms with Gasteiger partial charge in [-0.1, -0.05) is 6.92 Å². The maximum atomic E-state index is 5.51. The molecule has 1 aromatic rings. The minimum absolute atomic E-state index is 0.481. The first-order valence-corrected chi connectivity index (χ1v) is 5.22. The number of hydrogen-bond acceptors (Lipinski definition) is 5. The molecule has 0 saturated heterocycles. The van der Waals surface area contributed by atoms with Gasteiger partial charge < -0.3 is 15.8 Å². The van der Waals surface area contributed by atoms with Crippen molar-refractivity contribution in [3.63, 3.8) is 0 Å². The normalized spacial score (nSPS) is 10.2. The van der Waals surface area contributed by atoms with Crippen molar-refractivity contribution < 1.29 is 4.74 Å². The van der Waals surface area contributed by atoms with E-state index in [1.807, 2.05) is 0 Å². The lowest BCUT2D eigenvalue weighted by atomic mass is 10.4. The van der Waals surface area contributed by atoms with Gasteiger partial charge in [0.15, 0.2) is 0 Å². The molecule has 1 aromatic heterocycles. The second-order valence-corrected chi connectivity index (χ2v) is 3.22. The van der Waals surface area contributed by atoms with E-state index in [9.17, 15) is 0 Å². The first-order chi connectivity index (χ1) is 7.33. The lowest BCUT2D eigenvalue weighted by Crippen LogP contribution is -2.07. The molecule has 0 amide bonds. The summed E-state index contributed by atoms with van der Waals surface area (Å²) < 4.78 is 5.35. The average molecular weight is 210 g/mol. The molecule has 0 aliphatic rings. The molecule has 15 heavy (non-hydrogen) atoms. The van der Waals surface area contributed by atoms with Crippen LogP contribution in [-0.2, 0) is 4.74 Å². The van der Waals surface area contributed by atoms with Crippen LogP contribution in [-0.4, -0.2) is 29.7 Å². The number of anilines is 2. The molecule has 0 fully saturated rings. The third kappa shape index (κ3) is 5.17. The summed E-state index contributed by atoms with van der Waals surface area (Å²) in [5.74, 6) is 1.24. The highest BCUT2D eigenvalue weighted by molar-refractivity contribution is 5.42. The molecule has 0 aliphatic carbocycles. The Hall–Kier alpha value is -1.36. The van der Waals surface area contributed by atoms with Crippen LogP contribution < -0.4 is 11.1 Å². The molecule has 3 N–H and O–H groups in total. The van der Waals surface area contributed by atoms with Crippen molar-refractivity contribution in [2.75, 3.05) is 30.8 Å². The van der Waals surface area contributed by atoms with E-state index >= 15 is 0 Å². The third-order valence-corrected chi connectivity index (χ3v) is 1.81. The highest BCUT2D eigenvalue weighted by Crippen LogP contribution is 2.04. The van der Waals surface area contributed by atoms with E-state index in [0.29, 0.717) is 5.82 Å². The molecule has 0 atom stereocenters. The Balaban J connectivity index is 2.10. The van der Waals surface area contributed by atoms with Gasteiger partial charge >= 0.3 is 0 Å². The molecule has 5 heteroatoms. The van der Waals surface area contributed by atoms with E-state index in [0.717, 1.165) is 38.4 Å². The van der Waals surface area contributed by atoms with Gasteiger partial charge in [-0.3, -0.25) is 0 Å². The highest BCUT2D eigenvalue weighted by atomic mass is 16.5. The molecule has 0 aliphatic heterocycles. The fourth-order valence-electron chi connectivity index (χ4n) is 1.11. The Labute approximate surface area is 90.1 Å². The molecule has 0 saturated carbocycles. The molecule has 1 rings (SSSR count). The molecule has 5 nitrogen and oxygen atoms in total. The predicted molar refractivity (Wildman–Crippen MR) is 60.7 cm³/mol. The Morgan fingerprint density at radius 2 is 2.27 bits per heavy atom. The summed E-state index contributed by atoms with van der Waals surface area (Å²) in [6.07, 6.45) is 3.48. The zero-order valence-corrected chi connectivity index (χ0v) is 9.07. The van der Waals surface area contributed by atoms with Gasteiger partial charge in [0.1, 0.15) is 18.0 Å². The summed E-state index contributed by atoms with van der Waals surface area (Å²) in [5.41, 5.74) is 5.51. The fraction of sp³-hybridized carbons (Fsp3) is 0.600. The Kier molecular flexibility index (Phi) is 5.47. The number of nitrogens with zero attached hydrogens (tertiary/aromatic N) is 2. The van der Waals surface area contributed by atoms with Crippen molar-refractivity contribution in [2.45, 2.75) is 19.8 Å². The zero-order valence-electron chi connectivity index (χ0n) is 9.07. The summed E-state index contributed by atoms with van der Waals surface area (Å²) in [6.45, 7) is 4.55. The van der Waals surface area contributed by atoms with E-state index in [2.05, 4.69) is 22.2 Å². The number of nitrogens with one attached hydrogen (secondary N) is 1. The predicted octanol–water partition coefficient (Wildman–Crippen LogP) is 1.29. The van der Waals surface area contributed by atoms with Gasteiger partial charge in [-0.15, -0.1) is 0 Å². The molecule has 1 heterocycles. The minimum Gasteiger partial charge on any atom is -0.384 e. The molecule has 84 valence electrons. The van der Waals surface area contributed by atoms with Crippen LogP contribution in [0.5, 0.6) is 0 Å². The van der Waals surface area contributed by atoms with Gasteiger partial charge in [0.2, 0.25) is 0 Å². The Morgan fingerprint density at radius 3 is 3.00 bits per heavy atom. The topological polar surface area (TPSA) is 73.1 Å². The van der Waals surface area contributed by atoms with Crippen LogP contribution in [0.3, 0.4) is 0 Å². The molecular formula is C10H18N4O. The third-order valence-electron chi connectivity index (χ3n) is 1.81. The smallest absolute Gasteiger partial charge is 0.131 e. The fourth-order valence-corrected chi connectivity index (χ4v) is 1.11. The quantitative estimate of drug-likeness (QED) is 0.663. The van der Waals surface area contributed by atoms with Gasteiger partial charge in [0.25, 0.3) is 0 Å². The van der Waals surface area contributed by atoms with Crippen LogP contribution in [0.1, 0.15) is 19.8 Å². The SMILES string of the molecule is CCCOCCCNc1cc(N)ncn1. The zero-order chi connectivity index (χ0) is 10.9. The largest absolute Gasteiger partial charge is 0.384 e. The Bertz CT molecular complexity index is 280. The van der Waals surface area contributed by atoms with Crippen molar-refractivity contribution in [3.05, 3.63) is 12.4 Å². The maximum Gasteiger partial charge on any atom is 0.131 e. The summed E-state index contributed by atoms with van der Waals surface area (Å²) in [6, 6.07) is 1.72. The van der Waals surface area contributed by atoms with Crippen LogP contribution in [0.4, 0.5) is 11.6 Å². The van der Waals surface area contributed by atoms with Gasteiger partial charge in [-0.2, -0.15) is 0 Å². The van der Waals surface area contributed by atoms with Crippen LogP contribution in [0, 0.1) is 0 Å². The second-order valence-electron chi connectivity index (χ2n) is 3.22. The summed E-state index contributed by atoms with van der Waals surface area (Å²) in [4.78, 5) is 7.84. The van der Waals surface area contributed by atoms with E-state index in [1.165, 1.54) is 6.33 Å². The number of rotatable bonds is 7. The van der Waals surface area contributed by atoms with Crippen LogP contribution >= 0.6 is 0 Å². The monoisotopic (exact) mass is 210 g/mol. The standard InChI is InChI=1S/C10H18N4O/c1-2-5-15-6-3-4-12-10-7-9(11)13-8-14-10/h7-8H,2-6H2,1H3,(H3,11,12,13,14). The van der Waals surface area contributed by atoms with E-state index in [-0.39, 0.29) is 0 Å². The second kappa shape index (κ2) is 7.00. The first kappa shape index (κ1) is 11.7. The van der Waals surface area contributed by atoms with Crippen LogP contribution in [0.2, 0.25) is 0 Å². The summed E-state index contributed by atoms with van der Waals surface area (Å²) in [5, 5.41) is 3.15. The number of aromatic nitrogens is 2. The molecular weight excluding hydrogens is 192 g/mol. The number of nitrogen functional groups attached to an aromatic ring is 1. The maximum absolute atomic E-state index is 5.51. The summed E-state index contributed by atoms with van der Waals surface area (Å²) in [7, 11) is 0. The minimum atomic E-state index is 0.481. The van der Waals surface area contributed by atoms with Gasteiger partial charge in [0.05, 0.1) is 0 Å². The van der Waals surface area contributed by atoms with Crippen LogP contribution in [0.25, 0.3) is 0 Å². The number of hydrogen-bond donors (Lipinski definition) is 2. The van der Waals surface area contributed by atoms with E-state index in [1.54, 1.807) is 6.07 Å². The lowest BCUT2D eigenvalue weighted by molar-refractivity contribution is 0.134. The number of ether oxygens (including phenoxy) is 1. The van der Waals surface area contributed by atoms with Crippen molar-refractivity contribution >= 4 is 11.6 Å².